The van der Waals surface area contributed by atoms with Gasteiger partial charge in [-0.25, -0.2) is 0 Å². The van der Waals surface area contributed by atoms with Gasteiger partial charge in [-0.1, -0.05) is 6.07 Å². The molecule has 0 aliphatic rings. The Morgan fingerprint density at radius 2 is 1.85 bits per heavy atom. The molecule has 0 radical (unpaired) electrons. The maximum Gasteiger partial charge on any atom is 0.274 e. The predicted octanol–water partition coefficient (Wildman–Crippen LogP) is 2.87. The Morgan fingerprint density at radius 1 is 1.12 bits per heavy atom. The molecular weight excluding hydrogens is 344 g/mol. The van der Waals surface area contributed by atoms with Crippen molar-refractivity contribution in [1.29, 1.82) is 0 Å². The van der Waals surface area contributed by atoms with Crippen molar-refractivity contribution >= 4 is 28.7 Å². The van der Waals surface area contributed by atoms with Crippen molar-refractivity contribution in [3.8, 4) is 5.75 Å². The second-order valence-corrected chi connectivity index (χ2v) is 5.25. The highest BCUT2D eigenvalue weighted by Crippen LogP contribution is 2.29. The van der Waals surface area contributed by atoms with Crippen molar-refractivity contribution < 1.29 is 19.4 Å². The average molecular weight is 360 g/mol. The summed E-state index contributed by atoms with van der Waals surface area (Å²) in [6, 6.07) is 8.34. The van der Waals surface area contributed by atoms with Gasteiger partial charge in [0.2, 0.25) is 5.91 Å². The lowest BCUT2D eigenvalue weighted by atomic mass is 10.1. The summed E-state index contributed by atoms with van der Waals surface area (Å²) in [5.74, 6) is -0.290. The molecule has 10 heteroatoms. The molecule has 0 bridgehead atoms. The highest BCUT2D eigenvalue weighted by atomic mass is 16.6. The molecule has 2 aromatic carbocycles. The number of benzene rings is 2. The van der Waals surface area contributed by atoms with Crippen LogP contribution in [-0.2, 0) is 4.79 Å². The van der Waals surface area contributed by atoms with Crippen molar-refractivity contribution in [2.45, 2.75) is 6.92 Å². The Morgan fingerprint density at radius 3 is 2.46 bits per heavy atom. The van der Waals surface area contributed by atoms with Crippen molar-refractivity contribution in [3.63, 3.8) is 0 Å². The summed E-state index contributed by atoms with van der Waals surface area (Å²) >= 11 is 0. The second kappa shape index (κ2) is 7.92. The lowest BCUT2D eigenvalue weighted by Gasteiger charge is -2.12. The first-order chi connectivity index (χ1) is 12.3. The van der Waals surface area contributed by atoms with Gasteiger partial charge in [0, 0.05) is 23.4 Å². The van der Waals surface area contributed by atoms with Crippen molar-refractivity contribution in [2.75, 3.05) is 24.3 Å². The molecule has 2 aromatic rings. The van der Waals surface area contributed by atoms with Gasteiger partial charge in [-0.05, 0) is 19.1 Å². The van der Waals surface area contributed by atoms with E-state index in [0.717, 1.165) is 0 Å². The van der Waals surface area contributed by atoms with E-state index in [0.29, 0.717) is 11.3 Å². The minimum atomic E-state index is -0.569. The standard InChI is InChI=1S/C16H16N4O6/c1-10-12(4-3-5-14(10)20(24)25)17-9-16(21)18-13-7-6-11(19(22)23)8-15(13)26-2/h3-8,17H,9H2,1-2H3,(H,18,21). The molecule has 2 N–H and O–H groups in total. The van der Waals surface area contributed by atoms with Crippen LogP contribution in [0.25, 0.3) is 0 Å². The van der Waals surface area contributed by atoms with E-state index >= 15 is 0 Å². The first-order valence-electron chi connectivity index (χ1n) is 7.43. The number of nitrogens with zero attached hydrogens (tertiary/aromatic N) is 2. The van der Waals surface area contributed by atoms with Gasteiger partial charge in [-0.3, -0.25) is 25.0 Å². The third kappa shape index (κ3) is 4.23. The van der Waals surface area contributed by atoms with E-state index in [1.807, 2.05) is 0 Å². The van der Waals surface area contributed by atoms with Crippen LogP contribution in [-0.4, -0.2) is 29.4 Å². The molecule has 136 valence electrons. The average Bonchev–Trinajstić information content (AvgIpc) is 2.60. The molecule has 0 atom stereocenters. The normalized spacial score (nSPS) is 10.1. The van der Waals surface area contributed by atoms with E-state index in [-0.39, 0.29) is 29.4 Å². The van der Waals surface area contributed by atoms with Gasteiger partial charge in [0.05, 0.1) is 35.3 Å². The number of nitro benzene ring substituents is 2. The van der Waals surface area contributed by atoms with Gasteiger partial charge < -0.3 is 15.4 Å². The van der Waals surface area contributed by atoms with Gasteiger partial charge in [0.15, 0.2) is 0 Å². The molecular formula is C16H16N4O6. The van der Waals surface area contributed by atoms with E-state index in [2.05, 4.69) is 10.6 Å². The molecule has 26 heavy (non-hydrogen) atoms. The summed E-state index contributed by atoms with van der Waals surface area (Å²) in [5.41, 5.74) is 0.946. The third-order valence-electron chi connectivity index (χ3n) is 3.61. The number of carbonyl (C=O) groups excluding carboxylic acids is 1. The highest BCUT2D eigenvalue weighted by Gasteiger charge is 2.15. The predicted molar refractivity (Wildman–Crippen MR) is 94.6 cm³/mol. The summed E-state index contributed by atoms with van der Waals surface area (Å²) in [5, 5.41) is 27.1. The first kappa shape index (κ1) is 18.6. The highest BCUT2D eigenvalue weighted by molar-refractivity contribution is 5.95. The van der Waals surface area contributed by atoms with Crippen LogP contribution in [0.5, 0.6) is 5.75 Å². The van der Waals surface area contributed by atoms with Crippen LogP contribution in [0.3, 0.4) is 0 Å². The fourth-order valence-electron chi connectivity index (χ4n) is 2.28. The number of non-ortho nitro benzene ring substituents is 1. The number of nitrogens with one attached hydrogen (secondary N) is 2. The molecule has 0 aliphatic carbocycles. The van der Waals surface area contributed by atoms with Gasteiger partial charge in [0.25, 0.3) is 11.4 Å². The Labute approximate surface area is 148 Å². The van der Waals surface area contributed by atoms with Crippen LogP contribution >= 0.6 is 0 Å². The Bertz CT molecular complexity index is 868. The maximum atomic E-state index is 12.1. The fourth-order valence-corrected chi connectivity index (χ4v) is 2.28. The van der Waals surface area contributed by atoms with E-state index < -0.39 is 15.8 Å². The largest absolute Gasteiger partial charge is 0.494 e. The minimum Gasteiger partial charge on any atom is -0.494 e. The molecule has 2 rings (SSSR count). The van der Waals surface area contributed by atoms with Crippen LogP contribution in [0, 0.1) is 27.2 Å². The molecule has 0 heterocycles. The van der Waals surface area contributed by atoms with E-state index in [1.165, 1.54) is 37.4 Å². The fraction of sp³-hybridized carbons (Fsp3) is 0.188. The maximum absolute atomic E-state index is 12.1. The van der Waals surface area contributed by atoms with E-state index in [9.17, 15) is 25.0 Å². The molecule has 0 saturated carbocycles. The molecule has 0 spiro atoms. The Hall–Kier alpha value is -3.69. The SMILES string of the molecule is COc1cc([N+](=O)[O-])ccc1NC(=O)CNc1cccc([N+](=O)[O-])c1C. The van der Waals surface area contributed by atoms with Crippen molar-refractivity contribution in [3.05, 3.63) is 62.2 Å². The van der Waals surface area contributed by atoms with Gasteiger partial charge in [-0.15, -0.1) is 0 Å². The van der Waals surface area contributed by atoms with Gasteiger partial charge in [0.1, 0.15) is 5.75 Å². The number of anilines is 2. The number of hydrogen-bond acceptors (Lipinski definition) is 7. The molecule has 0 aromatic heterocycles. The lowest BCUT2D eigenvalue weighted by Crippen LogP contribution is -2.22. The molecule has 1 amide bonds. The van der Waals surface area contributed by atoms with Crippen LogP contribution in [0.15, 0.2) is 36.4 Å². The molecule has 0 aliphatic heterocycles. The molecule has 0 unspecified atom stereocenters. The third-order valence-corrected chi connectivity index (χ3v) is 3.61. The number of ether oxygens (including phenoxy) is 1. The zero-order valence-corrected chi connectivity index (χ0v) is 14.0. The van der Waals surface area contributed by atoms with Crippen molar-refractivity contribution in [1.82, 2.24) is 0 Å². The number of hydrogen-bond donors (Lipinski definition) is 2. The number of carbonyl (C=O) groups is 1. The quantitative estimate of drug-likeness (QED) is 0.572. The van der Waals surface area contributed by atoms with Gasteiger partial charge >= 0.3 is 0 Å². The Balaban J connectivity index is 2.07. The number of methoxy groups -OCH3 is 1. The summed E-state index contributed by atoms with van der Waals surface area (Å²) in [6.07, 6.45) is 0. The number of amides is 1. The molecule has 0 saturated heterocycles. The van der Waals surface area contributed by atoms with Crippen LogP contribution in [0.2, 0.25) is 0 Å². The summed E-state index contributed by atoms with van der Waals surface area (Å²) < 4.78 is 5.05. The van der Waals surface area contributed by atoms with E-state index in [1.54, 1.807) is 13.0 Å². The minimum absolute atomic E-state index is 0.0487. The molecule has 10 nitrogen and oxygen atoms in total. The van der Waals surface area contributed by atoms with Crippen LogP contribution in [0.4, 0.5) is 22.7 Å². The first-order valence-corrected chi connectivity index (χ1v) is 7.43. The number of rotatable bonds is 7. The monoisotopic (exact) mass is 360 g/mol. The summed E-state index contributed by atoms with van der Waals surface area (Å²) in [7, 11) is 1.33. The van der Waals surface area contributed by atoms with Gasteiger partial charge in [-0.2, -0.15) is 0 Å². The zero-order valence-electron chi connectivity index (χ0n) is 14.0. The smallest absolute Gasteiger partial charge is 0.274 e. The van der Waals surface area contributed by atoms with E-state index in [4.69, 9.17) is 4.74 Å². The lowest BCUT2D eigenvalue weighted by molar-refractivity contribution is -0.385. The summed E-state index contributed by atoms with van der Waals surface area (Å²) in [6.45, 7) is 1.43. The van der Waals surface area contributed by atoms with Crippen LogP contribution < -0.4 is 15.4 Å². The second-order valence-electron chi connectivity index (χ2n) is 5.25. The number of nitro groups is 2. The van der Waals surface area contributed by atoms with Crippen molar-refractivity contribution in [2.24, 2.45) is 0 Å². The Kier molecular flexibility index (Phi) is 5.68. The zero-order chi connectivity index (χ0) is 19.3. The molecule has 0 fully saturated rings. The van der Waals surface area contributed by atoms with Crippen LogP contribution in [0.1, 0.15) is 5.56 Å². The summed E-state index contributed by atoms with van der Waals surface area (Å²) in [4.78, 5) is 32.7. The topological polar surface area (TPSA) is 137 Å².